The molecule has 0 amide bonds. The van der Waals surface area contributed by atoms with Crippen LogP contribution < -0.4 is 4.74 Å². The number of aliphatic carboxylic acids is 1. The summed E-state index contributed by atoms with van der Waals surface area (Å²) in [5.74, 6) is -3.85. The van der Waals surface area contributed by atoms with Crippen LogP contribution in [-0.4, -0.2) is 23.9 Å². The zero-order chi connectivity index (χ0) is 25.5. The number of hydrogen-bond donors (Lipinski definition) is 1. The zero-order valence-electron chi connectivity index (χ0n) is 17.1. The van der Waals surface area contributed by atoms with Crippen LogP contribution in [0.5, 0.6) is 5.75 Å². The van der Waals surface area contributed by atoms with Crippen molar-refractivity contribution in [2.24, 2.45) is 5.92 Å². The van der Waals surface area contributed by atoms with Crippen LogP contribution in [0.4, 0.5) is 39.5 Å². The molecule has 0 spiro atoms. The van der Waals surface area contributed by atoms with Crippen molar-refractivity contribution in [3.8, 4) is 16.9 Å². The molecule has 12 heteroatoms. The van der Waals surface area contributed by atoms with E-state index in [4.69, 9.17) is 0 Å². The van der Waals surface area contributed by atoms with Gasteiger partial charge in [0.05, 0.1) is 17.0 Å². The summed E-state index contributed by atoms with van der Waals surface area (Å²) in [6.45, 7) is -1.98. The molecule has 0 bridgehead atoms. The summed E-state index contributed by atoms with van der Waals surface area (Å²) in [5.41, 5.74) is -4.47. The van der Waals surface area contributed by atoms with Crippen LogP contribution in [-0.2, 0) is 17.1 Å². The molecule has 3 nitrogen and oxygen atoms in total. The predicted molar refractivity (Wildman–Crippen MR) is 101 cm³/mol. The molecule has 3 rings (SSSR count). The molecule has 1 atom stereocenters. The molecule has 0 aliphatic heterocycles. The predicted octanol–water partition coefficient (Wildman–Crippen LogP) is 7.30. The van der Waals surface area contributed by atoms with E-state index in [9.17, 15) is 49.4 Å². The second-order valence-corrected chi connectivity index (χ2v) is 7.99. The average Bonchev–Trinajstić information content (AvgIpc) is 3.52. The molecule has 186 valence electrons. The lowest BCUT2D eigenvalue weighted by atomic mass is 9.88. The number of carboxylic acids is 1. The first-order chi connectivity index (χ1) is 15.6. The number of halogens is 9. The van der Waals surface area contributed by atoms with Crippen LogP contribution in [0.25, 0.3) is 11.1 Å². The Hall–Kier alpha value is -2.92. The number of carbonyl (C=O) groups is 1. The Balaban J connectivity index is 2.21. The summed E-state index contributed by atoms with van der Waals surface area (Å²) in [7, 11) is 0. The first kappa shape index (κ1) is 25.7. The number of hydrogen-bond acceptors (Lipinski definition) is 2. The largest absolute Gasteiger partial charge is 0.483 e. The van der Waals surface area contributed by atoms with E-state index in [1.54, 1.807) is 0 Å². The van der Waals surface area contributed by atoms with Gasteiger partial charge < -0.3 is 9.84 Å². The molecular weight excluding hydrogens is 483 g/mol. The summed E-state index contributed by atoms with van der Waals surface area (Å²) < 4.78 is 124. The van der Waals surface area contributed by atoms with Gasteiger partial charge in [-0.1, -0.05) is 25.0 Å². The smallest absolute Gasteiger partial charge is 0.422 e. The van der Waals surface area contributed by atoms with Crippen LogP contribution in [0.15, 0.2) is 36.4 Å². The second-order valence-electron chi connectivity index (χ2n) is 7.99. The van der Waals surface area contributed by atoms with Crippen molar-refractivity contribution in [2.75, 3.05) is 6.61 Å². The molecule has 0 heterocycles. The third-order valence-electron chi connectivity index (χ3n) is 5.29. The molecule has 0 unspecified atom stereocenters. The van der Waals surface area contributed by atoms with Crippen molar-refractivity contribution in [1.29, 1.82) is 0 Å². The first-order valence-electron chi connectivity index (χ1n) is 9.91. The van der Waals surface area contributed by atoms with Crippen LogP contribution in [0, 0.1) is 5.92 Å². The van der Waals surface area contributed by atoms with Crippen molar-refractivity contribution < 1.29 is 54.2 Å². The Labute approximate surface area is 187 Å². The highest BCUT2D eigenvalue weighted by molar-refractivity contribution is 5.80. The highest BCUT2D eigenvalue weighted by atomic mass is 19.4. The van der Waals surface area contributed by atoms with Crippen molar-refractivity contribution in [2.45, 2.75) is 43.7 Å². The minimum atomic E-state index is -5.17. The van der Waals surface area contributed by atoms with E-state index in [0.717, 1.165) is 6.07 Å². The Kier molecular flexibility index (Phi) is 6.82. The molecule has 34 heavy (non-hydrogen) atoms. The molecule has 1 fully saturated rings. The summed E-state index contributed by atoms with van der Waals surface area (Å²) in [6.07, 6.45) is -13.6. The Morgan fingerprint density at radius 2 is 1.53 bits per heavy atom. The topological polar surface area (TPSA) is 46.5 Å². The summed E-state index contributed by atoms with van der Waals surface area (Å²) in [6, 6.07) is 3.65. The molecule has 2 aromatic carbocycles. The van der Waals surface area contributed by atoms with E-state index in [-0.39, 0.29) is 12.3 Å². The van der Waals surface area contributed by atoms with E-state index in [1.165, 1.54) is 0 Å². The number of benzene rings is 2. The normalized spacial score (nSPS) is 15.8. The van der Waals surface area contributed by atoms with Gasteiger partial charge in [-0.15, -0.1) is 0 Å². The number of rotatable bonds is 7. The summed E-state index contributed by atoms with van der Waals surface area (Å²) in [5, 5.41) is 9.53. The van der Waals surface area contributed by atoms with E-state index >= 15 is 0 Å². The minimum Gasteiger partial charge on any atom is -0.483 e. The quantitative estimate of drug-likeness (QED) is 0.406. The molecular formula is C22H17F9O3. The average molecular weight is 500 g/mol. The highest BCUT2D eigenvalue weighted by Crippen LogP contribution is 2.47. The summed E-state index contributed by atoms with van der Waals surface area (Å²) >= 11 is 0. The van der Waals surface area contributed by atoms with Crippen molar-refractivity contribution in [1.82, 2.24) is 0 Å². The third kappa shape index (κ3) is 6.35. The molecule has 1 saturated carbocycles. The molecule has 0 radical (unpaired) electrons. The Morgan fingerprint density at radius 1 is 0.941 bits per heavy atom. The van der Waals surface area contributed by atoms with Crippen molar-refractivity contribution >= 4 is 5.97 Å². The standard InChI is InChI=1S/C22H17F9O3/c23-20(24,25)10-34-17-9-13(15(19(32)33)7-11-1-2-11)8-16(22(29,30)31)18(17)12-3-5-14(6-4-12)21(26,27)28/h3-6,8-9,11,15H,1-2,7,10H2,(H,32,33)/t15-/m1/s1. The van der Waals surface area contributed by atoms with Gasteiger partial charge in [0, 0.05) is 5.56 Å². The maximum atomic E-state index is 14.0. The minimum absolute atomic E-state index is 0.00896. The fourth-order valence-electron chi connectivity index (χ4n) is 3.52. The Morgan fingerprint density at radius 3 is 1.97 bits per heavy atom. The molecule has 2 aromatic rings. The monoisotopic (exact) mass is 500 g/mol. The number of alkyl halides is 9. The maximum absolute atomic E-state index is 14.0. The van der Waals surface area contributed by atoms with Crippen LogP contribution in [0.3, 0.4) is 0 Å². The van der Waals surface area contributed by atoms with Crippen LogP contribution >= 0.6 is 0 Å². The van der Waals surface area contributed by atoms with E-state index in [0.29, 0.717) is 43.2 Å². The number of carboxylic acid groups (broad SMARTS) is 1. The zero-order valence-corrected chi connectivity index (χ0v) is 17.1. The van der Waals surface area contributed by atoms with E-state index < -0.39 is 70.6 Å². The lowest BCUT2D eigenvalue weighted by molar-refractivity contribution is -0.153. The SMILES string of the molecule is O=C(O)[C@H](CC1CC1)c1cc(OCC(F)(F)F)c(-c2ccc(C(F)(F)F)cc2)c(C(F)(F)F)c1. The van der Waals surface area contributed by atoms with E-state index in [1.807, 2.05) is 0 Å². The lowest BCUT2D eigenvalue weighted by Crippen LogP contribution is -2.21. The first-order valence-corrected chi connectivity index (χ1v) is 9.91. The summed E-state index contributed by atoms with van der Waals surface area (Å²) in [4.78, 5) is 11.7. The Bertz CT molecular complexity index is 1030. The fourth-order valence-corrected chi connectivity index (χ4v) is 3.52. The molecule has 1 N–H and O–H groups in total. The van der Waals surface area contributed by atoms with Gasteiger partial charge in [0.1, 0.15) is 5.75 Å². The van der Waals surface area contributed by atoms with Gasteiger partial charge in [0.2, 0.25) is 0 Å². The van der Waals surface area contributed by atoms with Crippen molar-refractivity contribution in [3.05, 3.63) is 53.1 Å². The van der Waals surface area contributed by atoms with Gasteiger partial charge >= 0.3 is 24.5 Å². The van der Waals surface area contributed by atoms with E-state index in [2.05, 4.69) is 4.74 Å². The highest BCUT2D eigenvalue weighted by Gasteiger charge is 2.39. The molecule has 1 aliphatic rings. The van der Waals surface area contributed by atoms with Gasteiger partial charge in [-0.3, -0.25) is 4.79 Å². The third-order valence-corrected chi connectivity index (χ3v) is 5.29. The van der Waals surface area contributed by atoms with Crippen LogP contribution in [0.1, 0.15) is 41.9 Å². The molecule has 1 aliphatic carbocycles. The van der Waals surface area contributed by atoms with Crippen molar-refractivity contribution in [3.63, 3.8) is 0 Å². The maximum Gasteiger partial charge on any atom is 0.422 e. The molecule has 0 saturated heterocycles. The fraction of sp³-hybridized carbons (Fsp3) is 0.409. The lowest BCUT2D eigenvalue weighted by Gasteiger charge is -2.22. The van der Waals surface area contributed by atoms with Gasteiger partial charge in [0.15, 0.2) is 6.61 Å². The van der Waals surface area contributed by atoms with Gasteiger partial charge in [-0.25, -0.2) is 0 Å². The molecule has 0 aromatic heterocycles. The van der Waals surface area contributed by atoms with Crippen LogP contribution in [0.2, 0.25) is 0 Å². The van der Waals surface area contributed by atoms with Gasteiger partial charge in [0.25, 0.3) is 0 Å². The number of ether oxygens (including phenoxy) is 1. The second kappa shape index (κ2) is 9.03. The van der Waals surface area contributed by atoms with Gasteiger partial charge in [-0.05, 0) is 47.7 Å². The van der Waals surface area contributed by atoms with Gasteiger partial charge in [-0.2, -0.15) is 39.5 Å².